The number of aromatic amines is 1. The van der Waals surface area contributed by atoms with Crippen LogP contribution in [-0.2, 0) is 17.9 Å². The third-order valence-corrected chi connectivity index (χ3v) is 5.94. The zero-order chi connectivity index (χ0) is 26.1. The van der Waals surface area contributed by atoms with Crippen molar-refractivity contribution in [2.24, 2.45) is 0 Å². The lowest BCUT2D eigenvalue weighted by Gasteiger charge is -2.12. The molecule has 0 saturated heterocycles. The minimum Gasteiger partial charge on any atom is -0.406 e. The molecule has 4 rings (SSSR count). The average molecular weight is 538 g/mol. The van der Waals surface area contributed by atoms with Crippen LogP contribution in [-0.4, -0.2) is 62.5 Å². The van der Waals surface area contributed by atoms with Gasteiger partial charge in [-0.1, -0.05) is 10.6 Å². The Morgan fingerprint density at radius 2 is 1.89 bits per heavy atom. The van der Waals surface area contributed by atoms with E-state index in [2.05, 4.69) is 40.1 Å². The Hall–Kier alpha value is -3.33. The molecule has 1 aromatic carbocycles. The fourth-order valence-electron chi connectivity index (χ4n) is 3.63. The number of benzene rings is 1. The molecule has 4 aromatic rings. The number of halogens is 3. The Labute approximate surface area is 214 Å². The molecule has 0 aliphatic carbocycles. The van der Waals surface area contributed by atoms with E-state index in [9.17, 15) is 18.3 Å². The van der Waals surface area contributed by atoms with Crippen LogP contribution in [0.1, 0.15) is 24.0 Å². The summed E-state index contributed by atoms with van der Waals surface area (Å²) >= 11 is 1.27. The molecule has 0 spiro atoms. The lowest BCUT2D eigenvalue weighted by atomic mass is 10.1. The molecule has 10 nitrogen and oxygen atoms in total. The monoisotopic (exact) mass is 537 g/mol. The Balaban J connectivity index is 1.13. The second kappa shape index (κ2) is 12.8. The van der Waals surface area contributed by atoms with Crippen molar-refractivity contribution in [3.05, 3.63) is 47.8 Å². The van der Waals surface area contributed by atoms with Gasteiger partial charge in [0.1, 0.15) is 11.6 Å². The number of ether oxygens (including phenoxy) is 2. The topological polar surface area (TPSA) is 130 Å². The predicted octanol–water partition coefficient (Wildman–Crippen LogP) is 3.87. The number of hydrogen-bond acceptors (Lipinski definition) is 10. The summed E-state index contributed by atoms with van der Waals surface area (Å²) in [5, 5.41) is 27.6. The summed E-state index contributed by atoms with van der Waals surface area (Å²) in [7, 11) is 0. The van der Waals surface area contributed by atoms with Crippen LogP contribution >= 0.6 is 11.5 Å². The molecule has 0 unspecified atom stereocenters. The third-order valence-electron chi connectivity index (χ3n) is 5.25. The molecule has 0 amide bonds. The highest BCUT2D eigenvalue weighted by Gasteiger charge is 2.31. The first kappa shape index (κ1) is 26.7. The van der Waals surface area contributed by atoms with Crippen LogP contribution in [0, 0.1) is 0 Å². The summed E-state index contributed by atoms with van der Waals surface area (Å²) in [4.78, 5) is 5.52. The summed E-state index contributed by atoms with van der Waals surface area (Å²) in [5.41, 5.74) is 2.58. The number of aromatic nitrogens is 5. The van der Waals surface area contributed by atoms with Gasteiger partial charge in [0.2, 0.25) is 0 Å². The zero-order valence-corrected chi connectivity index (χ0v) is 20.5. The van der Waals surface area contributed by atoms with Gasteiger partial charge in [0, 0.05) is 19.7 Å². The molecule has 4 N–H and O–H groups in total. The van der Waals surface area contributed by atoms with Crippen molar-refractivity contribution in [3.63, 3.8) is 0 Å². The molecule has 14 heteroatoms. The molecule has 0 bridgehead atoms. The summed E-state index contributed by atoms with van der Waals surface area (Å²) in [6.45, 7) is 2.30. The van der Waals surface area contributed by atoms with E-state index in [-0.39, 0.29) is 12.4 Å². The minimum atomic E-state index is -4.78. The lowest BCUT2D eigenvalue weighted by Crippen LogP contribution is -2.18. The van der Waals surface area contributed by atoms with Gasteiger partial charge in [0.15, 0.2) is 0 Å². The molecule has 0 saturated carbocycles. The average Bonchev–Trinajstić information content (AvgIpc) is 3.56. The molecule has 3 aromatic heterocycles. The van der Waals surface area contributed by atoms with Crippen molar-refractivity contribution in [1.29, 1.82) is 0 Å². The molecule has 0 fully saturated rings. The van der Waals surface area contributed by atoms with Crippen LogP contribution in [0.15, 0.2) is 36.7 Å². The Kier molecular flexibility index (Phi) is 9.22. The quantitative estimate of drug-likeness (QED) is 0.177. The lowest BCUT2D eigenvalue weighted by molar-refractivity contribution is -0.274. The van der Waals surface area contributed by atoms with Gasteiger partial charge in [-0.05, 0) is 60.2 Å². The van der Waals surface area contributed by atoms with Crippen LogP contribution in [0.25, 0.3) is 21.5 Å². The molecule has 37 heavy (non-hydrogen) atoms. The number of aliphatic hydroxyl groups is 1. The Morgan fingerprint density at radius 1 is 1.03 bits per heavy atom. The van der Waals surface area contributed by atoms with E-state index < -0.39 is 6.36 Å². The van der Waals surface area contributed by atoms with Gasteiger partial charge in [0.05, 0.1) is 47.1 Å². The standard InChI is InChI=1S/C23H26F3N7O3S/c24-23(25,26)36-17-8-15(7-16(9-17)14-34)11-27-3-1-2-5-35-6-4-28-22-18-12-29-32-19(18)10-20(31-22)21-13-30-33-37-21/h7-10,12-13,27,34H,1-6,11,14H2,(H,28,31)(H,29,32). The maximum Gasteiger partial charge on any atom is 0.573 e. The fraction of sp³-hybridized carbons (Fsp3) is 0.391. The Morgan fingerprint density at radius 3 is 2.68 bits per heavy atom. The van der Waals surface area contributed by atoms with Crippen molar-refractivity contribution in [1.82, 2.24) is 30.1 Å². The van der Waals surface area contributed by atoms with E-state index >= 15 is 0 Å². The van der Waals surface area contributed by atoms with Crippen LogP contribution in [0.3, 0.4) is 0 Å². The number of aliphatic hydroxyl groups excluding tert-OH is 1. The number of unbranched alkanes of at least 4 members (excludes halogenated alkanes) is 1. The van der Waals surface area contributed by atoms with E-state index in [4.69, 9.17) is 4.74 Å². The molecule has 198 valence electrons. The van der Waals surface area contributed by atoms with Crippen LogP contribution in [0.2, 0.25) is 0 Å². The van der Waals surface area contributed by atoms with Gasteiger partial charge in [-0.2, -0.15) is 5.10 Å². The summed E-state index contributed by atoms with van der Waals surface area (Å²) < 4.78 is 51.0. The van der Waals surface area contributed by atoms with Crippen molar-refractivity contribution < 1.29 is 27.8 Å². The van der Waals surface area contributed by atoms with Gasteiger partial charge in [-0.15, -0.1) is 18.3 Å². The third kappa shape index (κ3) is 8.08. The maximum atomic E-state index is 12.5. The number of nitrogens with zero attached hydrogens (tertiary/aromatic N) is 4. The van der Waals surface area contributed by atoms with Crippen LogP contribution < -0.4 is 15.4 Å². The highest BCUT2D eigenvalue weighted by Crippen LogP contribution is 2.28. The highest BCUT2D eigenvalue weighted by molar-refractivity contribution is 7.09. The molecule has 0 aliphatic rings. The van der Waals surface area contributed by atoms with Crippen molar-refractivity contribution in [2.45, 2.75) is 32.4 Å². The number of fused-ring (bicyclic) bond motifs is 1. The van der Waals surface area contributed by atoms with E-state index in [0.717, 1.165) is 34.3 Å². The first-order valence-electron chi connectivity index (χ1n) is 11.5. The first-order chi connectivity index (χ1) is 17.9. The van der Waals surface area contributed by atoms with E-state index in [1.165, 1.54) is 23.7 Å². The number of pyridine rings is 1. The van der Waals surface area contributed by atoms with Gasteiger partial charge in [-0.3, -0.25) is 5.10 Å². The fourth-order valence-corrected chi connectivity index (χ4v) is 4.11. The number of alkyl halides is 3. The maximum absolute atomic E-state index is 12.5. The summed E-state index contributed by atoms with van der Waals surface area (Å²) in [5.74, 6) is 0.366. The SMILES string of the molecule is OCc1cc(CNCCCCOCCNc2nc(-c3cnns3)cc3[nH]ncc23)cc(OC(F)(F)F)c1. The first-order valence-corrected chi connectivity index (χ1v) is 12.3. The largest absolute Gasteiger partial charge is 0.573 e. The smallest absolute Gasteiger partial charge is 0.406 e. The number of anilines is 1. The summed E-state index contributed by atoms with van der Waals surface area (Å²) in [6, 6.07) is 6.03. The van der Waals surface area contributed by atoms with Gasteiger partial charge in [-0.25, -0.2) is 4.98 Å². The molecule has 0 atom stereocenters. The molecule has 0 aliphatic heterocycles. The Bertz CT molecular complexity index is 1270. The second-order valence-corrected chi connectivity index (χ2v) is 8.87. The van der Waals surface area contributed by atoms with E-state index in [1.54, 1.807) is 18.5 Å². The predicted molar refractivity (Wildman–Crippen MR) is 132 cm³/mol. The highest BCUT2D eigenvalue weighted by atomic mass is 32.1. The second-order valence-electron chi connectivity index (χ2n) is 8.08. The number of rotatable bonds is 14. The van der Waals surface area contributed by atoms with Crippen molar-refractivity contribution in [3.8, 4) is 16.3 Å². The molecule has 0 radical (unpaired) electrons. The molecular formula is C23H26F3N7O3S. The van der Waals surface area contributed by atoms with Crippen molar-refractivity contribution >= 4 is 28.3 Å². The number of hydrogen-bond donors (Lipinski definition) is 4. The van der Waals surface area contributed by atoms with Crippen molar-refractivity contribution in [2.75, 3.05) is 31.6 Å². The number of nitrogens with one attached hydrogen (secondary N) is 3. The van der Waals surface area contributed by atoms with E-state index in [1.807, 2.05) is 6.07 Å². The van der Waals surface area contributed by atoms with Gasteiger partial charge in [0.25, 0.3) is 0 Å². The van der Waals surface area contributed by atoms with Crippen LogP contribution in [0.4, 0.5) is 19.0 Å². The summed E-state index contributed by atoms with van der Waals surface area (Å²) in [6.07, 6.45) is 0.269. The van der Waals surface area contributed by atoms with Gasteiger partial charge < -0.3 is 25.2 Å². The van der Waals surface area contributed by atoms with Crippen LogP contribution in [0.5, 0.6) is 5.75 Å². The van der Waals surface area contributed by atoms with Gasteiger partial charge >= 0.3 is 6.36 Å². The normalized spacial score (nSPS) is 11.8. The number of H-pyrrole nitrogens is 1. The molecular weight excluding hydrogens is 511 g/mol. The zero-order valence-electron chi connectivity index (χ0n) is 19.7. The van der Waals surface area contributed by atoms with E-state index in [0.29, 0.717) is 49.8 Å². The molecule has 3 heterocycles. The minimum absolute atomic E-state index is 0.339.